The van der Waals surface area contributed by atoms with Gasteiger partial charge in [-0.3, -0.25) is 9.59 Å². The molecule has 1 aliphatic heterocycles. The molecule has 0 saturated carbocycles. The van der Waals surface area contributed by atoms with Gasteiger partial charge < -0.3 is 4.90 Å². The molecule has 0 radical (unpaired) electrons. The van der Waals surface area contributed by atoms with Crippen LogP contribution >= 0.6 is 11.3 Å². The van der Waals surface area contributed by atoms with E-state index in [-0.39, 0.29) is 18.2 Å². The fourth-order valence-electron chi connectivity index (χ4n) is 3.06. The monoisotopic (exact) mass is 307 g/mol. The summed E-state index contributed by atoms with van der Waals surface area (Å²) in [4.78, 5) is 28.6. The highest BCUT2D eigenvalue weighted by atomic mass is 32.1. The van der Waals surface area contributed by atoms with Crippen LogP contribution in [0.25, 0.3) is 0 Å². The molecule has 2 rings (SSSR count). The minimum atomic E-state index is 0.0770. The summed E-state index contributed by atoms with van der Waals surface area (Å²) in [6.45, 7) is 9.37. The first-order valence-electron chi connectivity index (χ1n) is 7.76. The summed E-state index contributed by atoms with van der Waals surface area (Å²) in [7, 11) is 0. The highest BCUT2D eigenvalue weighted by Crippen LogP contribution is 2.26. The summed E-state index contributed by atoms with van der Waals surface area (Å²) in [5, 5.41) is 0. The highest BCUT2D eigenvalue weighted by molar-refractivity contribution is 7.12. The molecule has 0 N–H and O–H groups in total. The average molecular weight is 307 g/mol. The molecule has 1 aromatic heterocycles. The second-order valence-corrected chi connectivity index (χ2v) is 7.86. The van der Waals surface area contributed by atoms with Gasteiger partial charge in [0.1, 0.15) is 0 Å². The molecule has 4 heteroatoms. The van der Waals surface area contributed by atoms with E-state index in [9.17, 15) is 9.59 Å². The Labute approximate surface area is 131 Å². The predicted molar refractivity (Wildman–Crippen MR) is 86.9 cm³/mol. The van der Waals surface area contributed by atoms with E-state index in [0.717, 1.165) is 34.7 Å². The zero-order valence-electron chi connectivity index (χ0n) is 13.4. The molecule has 1 saturated heterocycles. The molecule has 0 aliphatic carbocycles. The molecule has 0 spiro atoms. The van der Waals surface area contributed by atoms with E-state index >= 15 is 0 Å². The van der Waals surface area contributed by atoms with Gasteiger partial charge in [0.2, 0.25) is 5.91 Å². The number of hydrogen-bond donors (Lipinski definition) is 0. The van der Waals surface area contributed by atoms with Gasteiger partial charge in [-0.05, 0) is 44.6 Å². The molecule has 116 valence electrons. The third kappa shape index (κ3) is 3.94. The summed E-state index contributed by atoms with van der Waals surface area (Å²) in [6, 6.07) is 1.95. The van der Waals surface area contributed by atoms with E-state index in [1.807, 2.05) is 19.9 Å². The Hall–Kier alpha value is -1.16. The van der Waals surface area contributed by atoms with Crippen LogP contribution in [0.2, 0.25) is 0 Å². The van der Waals surface area contributed by atoms with E-state index < -0.39 is 0 Å². The number of amides is 1. The van der Waals surface area contributed by atoms with Crippen LogP contribution in [0.15, 0.2) is 6.07 Å². The van der Waals surface area contributed by atoms with Crippen molar-refractivity contribution in [2.75, 3.05) is 13.1 Å². The minimum Gasteiger partial charge on any atom is -0.335 e. The van der Waals surface area contributed by atoms with Crippen LogP contribution in [0.1, 0.15) is 53.2 Å². The van der Waals surface area contributed by atoms with E-state index in [1.165, 1.54) is 0 Å². The molecule has 21 heavy (non-hydrogen) atoms. The summed E-state index contributed by atoms with van der Waals surface area (Å²) < 4.78 is 0. The van der Waals surface area contributed by atoms with Gasteiger partial charge in [0.05, 0.1) is 6.54 Å². The summed E-state index contributed by atoms with van der Waals surface area (Å²) in [6.07, 6.45) is 2.55. The molecule has 1 unspecified atom stereocenters. The zero-order valence-corrected chi connectivity index (χ0v) is 14.3. The first-order chi connectivity index (χ1) is 9.88. The minimum absolute atomic E-state index is 0.0770. The molecular weight excluding hydrogens is 282 g/mol. The van der Waals surface area contributed by atoms with Crippen LogP contribution in [-0.4, -0.2) is 29.7 Å². The Morgan fingerprint density at radius 3 is 2.67 bits per heavy atom. The standard InChI is InChI=1S/C17H25NO2S/c1-11(2)14-5-6-17(20)18(8-7-14)10-16(19)15-9-12(3)21-13(15)4/h9,11,14H,5-8,10H2,1-4H3. The van der Waals surface area contributed by atoms with Gasteiger partial charge >= 0.3 is 0 Å². The number of carbonyl (C=O) groups excluding carboxylic acids is 2. The third-order valence-corrected chi connectivity index (χ3v) is 5.44. The Morgan fingerprint density at radius 1 is 1.38 bits per heavy atom. The molecule has 1 amide bonds. The fourth-order valence-corrected chi connectivity index (χ4v) is 4.00. The number of carbonyl (C=O) groups is 2. The molecule has 2 heterocycles. The van der Waals surface area contributed by atoms with Gasteiger partial charge in [-0.2, -0.15) is 0 Å². The first-order valence-corrected chi connectivity index (χ1v) is 8.58. The zero-order chi connectivity index (χ0) is 15.6. The number of likely N-dealkylation sites (tertiary alicyclic amines) is 1. The summed E-state index contributed by atoms with van der Waals surface area (Å²) in [5.41, 5.74) is 0.787. The summed E-state index contributed by atoms with van der Waals surface area (Å²) >= 11 is 1.64. The normalized spacial score (nSPS) is 20.0. The van der Waals surface area contributed by atoms with Crippen molar-refractivity contribution < 1.29 is 9.59 Å². The topological polar surface area (TPSA) is 37.4 Å². The number of Topliss-reactive ketones (excluding diaryl/α,β-unsaturated/α-hetero) is 1. The average Bonchev–Trinajstić information content (AvgIpc) is 2.63. The van der Waals surface area contributed by atoms with Gasteiger partial charge in [0.15, 0.2) is 5.78 Å². The van der Waals surface area contributed by atoms with Crippen molar-refractivity contribution in [3.05, 3.63) is 21.4 Å². The molecule has 3 nitrogen and oxygen atoms in total. The maximum absolute atomic E-state index is 12.4. The van der Waals surface area contributed by atoms with Crippen LogP contribution in [0.4, 0.5) is 0 Å². The Bertz CT molecular complexity index is 533. The Kier molecular flexibility index (Phi) is 5.20. The van der Waals surface area contributed by atoms with Crippen molar-refractivity contribution in [3.8, 4) is 0 Å². The molecule has 1 aromatic rings. The van der Waals surface area contributed by atoms with Crippen molar-refractivity contribution in [2.24, 2.45) is 11.8 Å². The van der Waals surface area contributed by atoms with Crippen molar-refractivity contribution in [1.29, 1.82) is 0 Å². The van der Waals surface area contributed by atoms with Gasteiger partial charge in [0, 0.05) is 28.3 Å². The number of thiophene rings is 1. The number of rotatable bonds is 4. The lowest BCUT2D eigenvalue weighted by Gasteiger charge is -2.21. The van der Waals surface area contributed by atoms with E-state index in [2.05, 4.69) is 13.8 Å². The number of ketones is 1. The molecule has 1 atom stereocenters. The maximum atomic E-state index is 12.4. The van der Waals surface area contributed by atoms with E-state index in [1.54, 1.807) is 16.2 Å². The lowest BCUT2D eigenvalue weighted by atomic mass is 9.89. The number of nitrogens with zero attached hydrogens (tertiary/aromatic N) is 1. The van der Waals surface area contributed by atoms with Crippen LogP contribution in [0.3, 0.4) is 0 Å². The Morgan fingerprint density at radius 2 is 2.10 bits per heavy atom. The maximum Gasteiger partial charge on any atom is 0.222 e. The van der Waals surface area contributed by atoms with Crippen molar-refractivity contribution in [2.45, 2.75) is 47.0 Å². The van der Waals surface area contributed by atoms with Crippen molar-refractivity contribution in [1.82, 2.24) is 4.90 Å². The molecule has 0 aromatic carbocycles. The highest BCUT2D eigenvalue weighted by Gasteiger charge is 2.26. The quantitative estimate of drug-likeness (QED) is 0.793. The first kappa shape index (κ1) is 16.2. The third-order valence-electron chi connectivity index (χ3n) is 4.47. The van der Waals surface area contributed by atoms with Gasteiger partial charge in [-0.1, -0.05) is 13.8 Å². The lowest BCUT2D eigenvalue weighted by molar-refractivity contribution is -0.130. The summed E-state index contributed by atoms with van der Waals surface area (Å²) in [5.74, 6) is 1.42. The van der Waals surface area contributed by atoms with E-state index in [0.29, 0.717) is 18.3 Å². The molecular formula is C17H25NO2S. The van der Waals surface area contributed by atoms with Crippen LogP contribution in [0.5, 0.6) is 0 Å². The van der Waals surface area contributed by atoms with Gasteiger partial charge in [0.25, 0.3) is 0 Å². The second kappa shape index (κ2) is 6.73. The second-order valence-electron chi connectivity index (χ2n) is 6.40. The van der Waals surface area contributed by atoms with Gasteiger partial charge in [-0.25, -0.2) is 0 Å². The van der Waals surface area contributed by atoms with Crippen molar-refractivity contribution in [3.63, 3.8) is 0 Å². The van der Waals surface area contributed by atoms with Crippen LogP contribution in [0, 0.1) is 25.7 Å². The number of aryl methyl sites for hydroxylation is 2. The fraction of sp³-hybridized carbons (Fsp3) is 0.647. The SMILES string of the molecule is Cc1cc(C(=O)CN2CCC(C(C)C)CCC2=O)c(C)s1. The number of hydrogen-bond acceptors (Lipinski definition) is 3. The van der Waals surface area contributed by atoms with E-state index in [4.69, 9.17) is 0 Å². The largest absolute Gasteiger partial charge is 0.335 e. The Balaban J connectivity index is 2.03. The molecule has 1 fully saturated rings. The van der Waals surface area contributed by atoms with Crippen LogP contribution in [-0.2, 0) is 4.79 Å². The lowest BCUT2D eigenvalue weighted by Crippen LogP contribution is -2.35. The predicted octanol–water partition coefficient (Wildman–Crippen LogP) is 3.83. The van der Waals surface area contributed by atoms with Gasteiger partial charge in [-0.15, -0.1) is 11.3 Å². The van der Waals surface area contributed by atoms with Crippen molar-refractivity contribution >= 4 is 23.0 Å². The smallest absolute Gasteiger partial charge is 0.222 e. The molecule has 0 bridgehead atoms. The van der Waals surface area contributed by atoms with Crippen LogP contribution < -0.4 is 0 Å². The molecule has 1 aliphatic rings.